The molecule has 1 heterocycles. The molecular weight excluding hydrogens is 333 g/mol. The number of alkyl halides is 3. The minimum atomic E-state index is -4.39. The van der Waals surface area contributed by atoms with Crippen molar-refractivity contribution >= 4 is 18.3 Å². The summed E-state index contributed by atoms with van der Waals surface area (Å²) in [6, 6.07) is 4.78. The molecule has 0 aromatic heterocycles. The van der Waals surface area contributed by atoms with Gasteiger partial charge in [-0.15, -0.1) is 12.4 Å². The summed E-state index contributed by atoms with van der Waals surface area (Å²) < 4.78 is 43.8. The van der Waals surface area contributed by atoms with Crippen LogP contribution in [-0.4, -0.2) is 36.5 Å². The number of morpholine rings is 1. The zero-order chi connectivity index (χ0) is 16.3. The molecule has 1 aromatic rings. The van der Waals surface area contributed by atoms with Gasteiger partial charge in [0.1, 0.15) is 6.10 Å². The Morgan fingerprint density at radius 1 is 1.48 bits per heavy atom. The molecule has 2 N–H and O–H groups in total. The number of amides is 1. The molecular formula is C15H20ClF3N2O2. The average molecular weight is 353 g/mol. The van der Waals surface area contributed by atoms with Crippen LogP contribution in [0.1, 0.15) is 30.6 Å². The summed E-state index contributed by atoms with van der Waals surface area (Å²) in [5.41, 5.74) is 5.32. The third kappa shape index (κ3) is 5.37. The number of carbonyl (C=O) groups is 1. The van der Waals surface area contributed by atoms with Gasteiger partial charge in [0.15, 0.2) is 0 Å². The van der Waals surface area contributed by atoms with Crippen molar-refractivity contribution in [2.45, 2.75) is 31.7 Å². The van der Waals surface area contributed by atoms with E-state index in [4.69, 9.17) is 10.5 Å². The van der Waals surface area contributed by atoms with E-state index in [-0.39, 0.29) is 37.3 Å². The van der Waals surface area contributed by atoms with Gasteiger partial charge in [-0.05, 0) is 24.6 Å². The van der Waals surface area contributed by atoms with Crippen LogP contribution in [0.5, 0.6) is 0 Å². The Morgan fingerprint density at radius 3 is 2.78 bits per heavy atom. The third-order valence-electron chi connectivity index (χ3n) is 3.50. The monoisotopic (exact) mass is 352 g/mol. The van der Waals surface area contributed by atoms with Crippen molar-refractivity contribution in [2.75, 3.05) is 19.7 Å². The van der Waals surface area contributed by atoms with E-state index in [1.54, 1.807) is 17.9 Å². The summed E-state index contributed by atoms with van der Waals surface area (Å²) in [5.74, 6) is -0.102. The van der Waals surface area contributed by atoms with Crippen LogP contribution < -0.4 is 5.73 Å². The molecule has 2 rings (SSSR count). The molecule has 4 nitrogen and oxygen atoms in total. The predicted molar refractivity (Wildman–Crippen MR) is 82.2 cm³/mol. The van der Waals surface area contributed by atoms with Crippen LogP contribution in [0, 0.1) is 0 Å². The fourth-order valence-corrected chi connectivity index (χ4v) is 2.40. The highest BCUT2D eigenvalue weighted by Crippen LogP contribution is 2.32. The van der Waals surface area contributed by atoms with Crippen molar-refractivity contribution in [1.82, 2.24) is 4.90 Å². The molecule has 23 heavy (non-hydrogen) atoms. The first-order chi connectivity index (χ1) is 10.3. The molecule has 1 fully saturated rings. The Morgan fingerprint density at radius 2 is 2.17 bits per heavy atom. The molecule has 1 aromatic carbocycles. The largest absolute Gasteiger partial charge is 0.416 e. The van der Waals surface area contributed by atoms with Crippen LogP contribution in [0.2, 0.25) is 0 Å². The van der Waals surface area contributed by atoms with Crippen LogP contribution >= 0.6 is 12.4 Å². The van der Waals surface area contributed by atoms with Crippen molar-refractivity contribution in [3.8, 4) is 0 Å². The molecule has 0 radical (unpaired) electrons. The van der Waals surface area contributed by atoms with Gasteiger partial charge < -0.3 is 15.4 Å². The quantitative estimate of drug-likeness (QED) is 0.910. The molecule has 1 aliphatic heterocycles. The normalized spacial score (nSPS) is 19.9. The second-order valence-electron chi connectivity index (χ2n) is 5.50. The van der Waals surface area contributed by atoms with Crippen molar-refractivity contribution < 1.29 is 22.7 Å². The Labute approximate surface area is 139 Å². The maximum atomic E-state index is 12.8. The van der Waals surface area contributed by atoms with Gasteiger partial charge in [0, 0.05) is 19.0 Å². The molecule has 1 saturated heterocycles. The zero-order valence-electron chi connectivity index (χ0n) is 12.7. The van der Waals surface area contributed by atoms with Gasteiger partial charge in [0.25, 0.3) is 0 Å². The van der Waals surface area contributed by atoms with E-state index < -0.39 is 17.8 Å². The lowest BCUT2D eigenvalue weighted by atomic mass is 10.0. The molecule has 1 amide bonds. The van der Waals surface area contributed by atoms with Crippen LogP contribution in [-0.2, 0) is 15.7 Å². The fourth-order valence-electron chi connectivity index (χ4n) is 2.40. The third-order valence-corrected chi connectivity index (χ3v) is 3.50. The van der Waals surface area contributed by atoms with Gasteiger partial charge in [0.05, 0.1) is 18.7 Å². The number of carbonyl (C=O) groups excluding carboxylic acids is 1. The van der Waals surface area contributed by atoms with Gasteiger partial charge >= 0.3 is 6.18 Å². The van der Waals surface area contributed by atoms with Crippen LogP contribution in [0.15, 0.2) is 24.3 Å². The Balaban J connectivity index is 0.00000264. The summed E-state index contributed by atoms with van der Waals surface area (Å²) in [7, 11) is 0. The molecule has 130 valence electrons. The van der Waals surface area contributed by atoms with Gasteiger partial charge in [0.2, 0.25) is 5.91 Å². The van der Waals surface area contributed by atoms with Gasteiger partial charge in [-0.1, -0.05) is 12.1 Å². The SMILES string of the molecule is CC(N)CC(=O)N1CCOC(c2cccc(C(F)(F)F)c2)C1.Cl. The summed E-state index contributed by atoms with van der Waals surface area (Å²) in [5, 5.41) is 0. The van der Waals surface area contributed by atoms with Gasteiger partial charge in [-0.3, -0.25) is 4.79 Å². The highest BCUT2D eigenvalue weighted by atomic mass is 35.5. The van der Waals surface area contributed by atoms with E-state index >= 15 is 0 Å². The first-order valence-electron chi connectivity index (χ1n) is 7.09. The van der Waals surface area contributed by atoms with Crippen LogP contribution in [0.3, 0.4) is 0 Å². The standard InChI is InChI=1S/C15H19F3N2O2.ClH/c1-10(19)7-14(21)20-5-6-22-13(9-20)11-3-2-4-12(8-11)15(16,17)18;/h2-4,8,10,13H,5-7,9,19H2,1H3;1H. The van der Waals surface area contributed by atoms with E-state index in [0.717, 1.165) is 12.1 Å². The molecule has 0 bridgehead atoms. The number of benzene rings is 1. The number of halogens is 4. The molecule has 0 spiro atoms. The molecule has 2 atom stereocenters. The molecule has 8 heteroatoms. The lowest BCUT2D eigenvalue weighted by molar-refractivity contribution is -0.140. The summed E-state index contributed by atoms with van der Waals surface area (Å²) >= 11 is 0. The fraction of sp³-hybridized carbons (Fsp3) is 0.533. The lowest BCUT2D eigenvalue weighted by Gasteiger charge is -2.33. The molecule has 1 aliphatic rings. The Kier molecular flexibility index (Phi) is 6.85. The van der Waals surface area contributed by atoms with E-state index in [1.165, 1.54) is 6.07 Å². The first-order valence-corrected chi connectivity index (χ1v) is 7.09. The second-order valence-corrected chi connectivity index (χ2v) is 5.50. The van der Waals surface area contributed by atoms with Gasteiger partial charge in [-0.2, -0.15) is 13.2 Å². The summed E-state index contributed by atoms with van der Waals surface area (Å²) in [4.78, 5) is 13.6. The van der Waals surface area contributed by atoms with E-state index in [1.807, 2.05) is 0 Å². The predicted octanol–water partition coefficient (Wildman–Crippen LogP) is 2.76. The summed E-state index contributed by atoms with van der Waals surface area (Å²) in [6.45, 7) is 2.71. The lowest BCUT2D eigenvalue weighted by Crippen LogP contribution is -2.43. The number of hydrogen-bond donors (Lipinski definition) is 1. The topological polar surface area (TPSA) is 55.6 Å². The van der Waals surface area contributed by atoms with Crippen molar-refractivity contribution in [3.63, 3.8) is 0 Å². The van der Waals surface area contributed by atoms with E-state index in [9.17, 15) is 18.0 Å². The molecule has 0 aliphatic carbocycles. The number of ether oxygens (including phenoxy) is 1. The Bertz CT molecular complexity index is 538. The maximum Gasteiger partial charge on any atom is 0.416 e. The Hall–Kier alpha value is -1.31. The smallest absolute Gasteiger partial charge is 0.370 e. The van der Waals surface area contributed by atoms with Crippen molar-refractivity contribution in [1.29, 1.82) is 0 Å². The highest BCUT2D eigenvalue weighted by molar-refractivity contribution is 5.85. The zero-order valence-corrected chi connectivity index (χ0v) is 13.5. The number of nitrogens with zero attached hydrogens (tertiary/aromatic N) is 1. The molecule has 2 unspecified atom stereocenters. The van der Waals surface area contributed by atoms with Crippen LogP contribution in [0.4, 0.5) is 13.2 Å². The maximum absolute atomic E-state index is 12.8. The van der Waals surface area contributed by atoms with E-state index in [0.29, 0.717) is 18.7 Å². The summed E-state index contributed by atoms with van der Waals surface area (Å²) in [6.07, 6.45) is -4.72. The van der Waals surface area contributed by atoms with Gasteiger partial charge in [-0.25, -0.2) is 0 Å². The van der Waals surface area contributed by atoms with Crippen molar-refractivity contribution in [2.24, 2.45) is 5.73 Å². The van der Waals surface area contributed by atoms with Crippen LogP contribution in [0.25, 0.3) is 0 Å². The number of hydrogen-bond acceptors (Lipinski definition) is 3. The van der Waals surface area contributed by atoms with Crippen molar-refractivity contribution in [3.05, 3.63) is 35.4 Å². The second kappa shape index (κ2) is 7.99. The van der Waals surface area contributed by atoms with E-state index in [2.05, 4.69) is 0 Å². The minimum Gasteiger partial charge on any atom is -0.370 e. The molecule has 0 saturated carbocycles. The number of nitrogens with two attached hydrogens (primary N) is 1. The first kappa shape index (κ1) is 19.7. The average Bonchev–Trinajstić information content (AvgIpc) is 2.46. The minimum absolute atomic E-state index is 0. The highest BCUT2D eigenvalue weighted by Gasteiger charge is 2.32. The number of rotatable bonds is 3.